The Morgan fingerprint density at radius 3 is 2.69 bits per heavy atom. The van der Waals surface area contributed by atoms with Crippen molar-refractivity contribution in [1.29, 1.82) is 0 Å². The molecular weight excluding hydrogens is 218 g/mol. The van der Waals surface area contributed by atoms with Gasteiger partial charge >= 0.3 is 0 Å². The van der Waals surface area contributed by atoms with E-state index >= 15 is 0 Å². The molecule has 0 N–H and O–H groups in total. The first kappa shape index (κ1) is 10.2. The van der Waals surface area contributed by atoms with Crippen LogP contribution in [0.3, 0.4) is 0 Å². The summed E-state index contributed by atoms with van der Waals surface area (Å²) >= 11 is 6.01. The molecule has 0 atom stereocenters. The summed E-state index contributed by atoms with van der Waals surface area (Å²) in [4.78, 5) is 2.54. The summed E-state index contributed by atoms with van der Waals surface area (Å²) in [5.74, 6) is 0. The van der Waals surface area contributed by atoms with E-state index in [1.54, 1.807) is 0 Å². The second kappa shape index (κ2) is 4.14. The van der Waals surface area contributed by atoms with Crippen LogP contribution in [-0.2, 0) is 12.8 Å². The molecule has 3 rings (SSSR count). The summed E-state index contributed by atoms with van der Waals surface area (Å²) in [6.07, 6.45) is 7.22. The fourth-order valence-corrected chi connectivity index (χ4v) is 2.89. The van der Waals surface area contributed by atoms with E-state index in [0.29, 0.717) is 0 Å². The lowest BCUT2D eigenvalue weighted by molar-refractivity contribution is 0.412. The van der Waals surface area contributed by atoms with Gasteiger partial charge < -0.3 is 4.90 Å². The molecule has 0 saturated carbocycles. The SMILES string of the molecule is Clc1ccc2c(c1)CC=C(N1CCCC1)C2. The highest BCUT2D eigenvalue weighted by Gasteiger charge is 2.18. The van der Waals surface area contributed by atoms with Gasteiger partial charge in [0.2, 0.25) is 0 Å². The van der Waals surface area contributed by atoms with Crippen molar-refractivity contribution in [2.45, 2.75) is 25.7 Å². The van der Waals surface area contributed by atoms with Crippen LogP contribution in [0, 0.1) is 0 Å². The minimum atomic E-state index is 0.858. The van der Waals surface area contributed by atoms with Crippen LogP contribution in [0.15, 0.2) is 30.0 Å². The van der Waals surface area contributed by atoms with Crippen molar-refractivity contribution in [3.63, 3.8) is 0 Å². The number of hydrogen-bond acceptors (Lipinski definition) is 1. The Balaban J connectivity index is 1.83. The van der Waals surface area contributed by atoms with Crippen molar-refractivity contribution in [3.05, 3.63) is 46.1 Å². The van der Waals surface area contributed by atoms with Crippen LogP contribution in [0.25, 0.3) is 0 Å². The van der Waals surface area contributed by atoms with E-state index in [4.69, 9.17) is 11.6 Å². The zero-order chi connectivity index (χ0) is 11.0. The van der Waals surface area contributed by atoms with Gasteiger partial charge in [-0.2, -0.15) is 0 Å². The Morgan fingerprint density at radius 1 is 1.06 bits per heavy atom. The van der Waals surface area contributed by atoms with E-state index < -0.39 is 0 Å². The summed E-state index contributed by atoms with van der Waals surface area (Å²) in [6.45, 7) is 2.49. The topological polar surface area (TPSA) is 3.24 Å². The Morgan fingerprint density at radius 2 is 1.88 bits per heavy atom. The van der Waals surface area contributed by atoms with Crippen molar-refractivity contribution in [3.8, 4) is 0 Å². The Bertz CT molecular complexity index is 430. The number of fused-ring (bicyclic) bond motifs is 1. The molecule has 1 heterocycles. The summed E-state index contributed by atoms with van der Waals surface area (Å²) < 4.78 is 0. The highest BCUT2D eigenvalue weighted by Crippen LogP contribution is 2.27. The molecule has 1 saturated heterocycles. The van der Waals surface area contributed by atoms with Gasteiger partial charge in [0.05, 0.1) is 0 Å². The normalized spacial score (nSPS) is 19.6. The average molecular weight is 234 g/mol. The fourth-order valence-electron chi connectivity index (χ4n) is 2.70. The van der Waals surface area contributed by atoms with Gasteiger partial charge in [-0.15, -0.1) is 0 Å². The molecule has 1 aliphatic heterocycles. The highest BCUT2D eigenvalue weighted by atomic mass is 35.5. The lowest BCUT2D eigenvalue weighted by atomic mass is 9.94. The monoisotopic (exact) mass is 233 g/mol. The number of nitrogens with zero attached hydrogens (tertiary/aromatic N) is 1. The van der Waals surface area contributed by atoms with Crippen LogP contribution in [0.5, 0.6) is 0 Å². The van der Waals surface area contributed by atoms with E-state index in [1.807, 2.05) is 6.07 Å². The third-order valence-electron chi connectivity index (χ3n) is 3.61. The third kappa shape index (κ3) is 1.84. The minimum absolute atomic E-state index is 0.858. The zero-order valence-corrected chi connectivity index (χ0v) is 10.1. The molecule has 1 aromatic carbocycles. The molecule has 1 aliphatic carbocycles. The number of benzene rings is 1. The van der Waals surface area contributed by atoms with Crippen LogP contribution in [-0.4, -0.2) is 18.0 Å². The predicted molar refractivity (Wildman–Crippen MR) is 67.8 cm³/mol. The summed E-state index contributed by atoms with van der Waals surface area (Å²) in [5.41, 5.74) is 4.37. The summed E-state index contributed by atoms with van der Waals surface area (Å²) in [6, 6.07) is 6.29. The van der Waals surface area contributed by atoms with Gasteiger partial charge in [-0.3, -0.25) is 0 Å². The quantitative estimate of drug-likeness (QED) is 0.719. The van der Waals surface area contributed by atoms with Crippen LogP contribution in [0.4, 0.5) is 0 Å². The van der Waals surface area contributed by atoms with Crippen molar-refractivity contribution < 1.29 is 0 Å². The van der Waals surface area contributed by atoms with E-state index in [2.05, 4.69) is 23.1 Å². The molecule has 16 heavy (non-hydrogen) atoms. The van der Waals surface area contributed by atoms with Crippen molar-refractivity contribution in [1.82, 2.24) is 4.90 Å². The Labute approximate surface area is 102 Å². The summed E-state index contributed by atoms with van der Waals surface area (Å²) in [7, 11) is 0. The first-order valence-electron chi connectivity index (χ1n) is 6.04. The van der Waals surface area contributed by atoms with E-state index in [9.17, 15) is 0 Å². The largest absolute Gasteiger partial charge is 0.375 e. The Kier molecular flexibility index (Phi) is 2.64. The van der Waals surface area contributed by atoms with Gasteiger partial charge in [-0.25, -0.2) is 0 Å². The van der Waals surface area contributed by atoms with Crippen LogP contribution < -0.4 is 0 Å². The Hall–Kier alpha value is -0.950. The summed E-state index contributed by atoms with van der Waals surface area (Å²) in [5, 5.41) is 0.858. The number of rotatable bonds is 1. The van der Waals surface area contributed by atoms with Crippen molar-refractivity contribution >= 4 is 11.6 Å². The first-order valence-corrected chi connectivity index (χ1v) is 6.42. The average Bonchev–Trinajstić information content (AvgIpc) is 2.82. The van der Waals surface area contributed by atoms with Gasteiger partial charge in [0, 0.05) is 30.2 Å². The smallest absolute Gasteiger partial charge is 0.0409 e. The van der Waals surface area contributed by atoms with Gasteiger partial charge in [0.1, 0.15) is 0 Å². The second-order valence-corrected chi connectivity index (χ2v) is 5.12. The first-order chi connectivity index (χ1) is 7.83. The molecule has 1 aromatic rings. The molecule has 0 radical (unpaired) electrons. The molecule has 84 valence electrons. The molecule has 0 amide bonds. The lowest BCUT2D eigenvalue weighted by Crippen LogP contribution is -2.22. The second-order valence-electron chi connectivity index (χ2n) is 4.68. The maximum absolute atomic E-state index is 6.01. The van der Waals surface area contributed by atoms with Gasteiger partial charge in [0.15, 0.2) is 0 Å². The van der Waals surface area contributed by atoms with Crippen molar-refractivity contribution in [2.24, 2.45) is 0 Å². The molecule has 0 unspecified atom stereocenters. The standard InChI is InChI=1S/C14H16ClN/c15-13-5-3-12-10-14(6-4-11(12)9-13)16-7-1-2-8-16/h3,5-6,9H,1-2,4,7-8,10H2. The van der Waals surface area contributed by atoms with E-state index in [1.165, 1.54) is 42.8 Å². The highest BCUT2D eigenvalue weighted by molar-refractivity contribution is 6.30. The van der Waals surface area contributed by atoms with Crippen LogP contribution >= 0.6 is 11.6 Å². The number of allylic oxidation sites excluding steroid dienone is 2. The zero-order valence-electron chi connectivity index (χ0n) is 9.38. The predicted octanol–water partition coefficient (Wildman–Crippen LogP) is 3.42. The number of likely N-dealkylation sites (tertiary alicyclic amines) is 1. The van der Waals surface area contributed by atoms with Crippen LogP contribution in [0.1, 0.15) is 24.0 Å². The minimum Gasteiger partial charge on any atom is -0.375 e. The molecule has 2 heteroatoms. The third-order valence-corrected chi connectivity index (χ3v) is 3.84. The van der Waals surface area contributed by atoms with E-state index in [0.717, 1.165) is 17.9 Å². The number of halogens is 1. The van der Waals surface area contributed by atoms with Crippen LogP contribution in [0.2, 0.25) is 5.02 Å². The maximum Gasteiger partial charge on any atom is 0.0409 e. The van der Waals surface area contributed by atoms with E-state index in [-0.39, 0.29) is 0 Å². The molecule has 2 aliphatic rings. The fraction of sp³-hybridized carbons (Fsp3) is 0.429. The molecule has 0 spiro atoms. The van der Waals surface area contributed by atoms with Gasteiger partial charge in [-0.1, -0.05) is 23.7 Å². The van der Waals surface area contributed by atoms with Gasteiger partial charge in [-0.05, 0) is 42.5 Å². The molecule has 0 aromatic heterocycles. The molecule has 1 nitrogen and oxygen atoms in total. The lowest BCUT2D eigenvalue weighted by Gasteiger charge is -2.26. The molecule has 1 fully saturated rings. The van der Waals surface area contributed by atoms with Gasteiger partial charge in [0.25, 0.3) is 0 Å². The molecular formula is C14H16ClN. The molecule has 0 bridgehead atoms. The van der Waals surface area contributed by atoms with Crippen molar-refractivity contribution in [2.75, 3.05) is 13.1 Å². The number of hydrogen-bond donors (Lipinski definition) is 0. The maximum atomic E-state index is 6.01.